The van der Waals surface area contributed by atoms with Crippen LogP contribution in [0.5, 0.6) is 0 Å². The van der Waals surface area contributed by atoms with Crippen LogP contribution < -0.4 is 4.72 Å². The molecular weight excluding hydrogens is 305 g/mol. The van der Waals surface area contributed by atoms with Crippen molar-refractivity contribution in [1.29, 1.82) is 0 Å². The highest BCUT2D eigenvalue weighted by atomic mass is 32.2. The number of hydrogen-bond acceptors (Lipinski definition) is 2. The van der Waals surface area contributed by atoms with Gasteiger partial charge in [0.1, 0.15) is 5.69 Å². The van der Waals surface area contributed by atoms with Crippen LogP contribution in [-0.2, 0) is 16.2 Å². The van der Waals surface area contributed by atoms with Crippen molar-refractivity contribution in [1.82, 2.24) is 4.98 Å². The first-order valence-electron chi connectivity index (χ1n) is 6.42. The standard InChI is InChI=1S/C13H15F3N2O2S/c1-2-3-6-21(19,20)18-10-4-5-11-9(7-10)8-12(17-11)13(14,15)16/h4-5,7-8,17-18H,2-3,6H2,1H3. The Morgan fingerprint density at radius 2 is 1.95 bits per heavy atom. The van der Waals surface area contributed by atoms with Gasteiger partial charge in [-0.05, 0) is 30.7 Å². The van der Waals surface area contributed by atoms with Crippen molar-refractivity contribution in [3.05, 3.63) is 30.0 Å². The van der Waals surface area contributed by atoms with Gasteiger partial charge in [-0.2, -0.15) is 13.2 Å². The molecule has 0 saturated carbocycles. The maximum Gasteiger partial charge on any atom is 0.431 e. The molecule has 1 heterocycles. The SMILES string of the molecule is CCCCS(=O)(=O)Nc1ccc2[nH]c(C(F)(F)F)cc2c1. The maximum atomic E-state index is 12.6. The van der Waals surface area contributed by atoms with Crippen molar-refractivity contribution in [3.63, 3.8) is 0 Å². The minimum absolute atomic E-state index is 0.0114. The number of sulfonamides is 1. The van der Waals surface area contributed by atoms with Crippen molar-refractivity contribution < 1.29 is 21.6 Å². The Balaban J connectivity index is 2.27. The summed E-state index contributed by atoms with van der Waals surface area (Å²) in [5, 5.41) is 0.304. The molecule has 0 bridgehead atoms. The molecule has 8 heteroatoms. The number of H-pyrrole nitrogens is 1. The van der Waals surface area contributed by atoms with Gasteiger partial charge < -0.3 is 4.98 Å². The first-order chi connectivity index (χ1) is 9.71. The van der Waals surface area contributed by atoms with E-state index in [1.807, 2.05) is 6.92 Å². The molecule has 0 saturated heterocycles. The molecule has 4 nitrogen and oxygen atoms in total. The molecule has 0 amide bonds. The highest BCUT2D eigenvalue weighted by molar-refractivity contribution is 7.92. The van der Waals surface area contributed by atoms with Crippen LogP contribution in [0.15, 0.2) is 24.3 Å². The summed E-state index contributed by atoms with van der Waals surface area (Å²) in [5.74, 6) is -0.0114. The molecule has 1 aromatic heterocycles. The van der Waals surface area contributed by atoms with Crippen LogP contribution in [0.3, 0.4) is 0 Å². The molecule has 21 heavy (non-hydrogen) atoms. The van der Waals surface area contributed by atoms with Gasteiger partial charge >= 0.3 is 6.18 Å². The second kappa shape index (κ2) is 5.59. The minimum atomic E-state index is -4.46. The summed E-state index contributed by atoms with van der Waals surface area (Å²) in [5.41, 5.74) is -0.298. The van der Waals surface area contributed by atoms with Gasteiger partial charge in [0, 0.05) is 16.6 Å². The second-order valence-corrected chi connectivity index (χ2v) is 6.60. The fourth-order valence-electron chi connectivity index (χ4n) is 1.91. The molecule has 2 rings (SSSR count). The number of benzene rings is 1. The first kappa shape index (κ1) is 15.7. The summed E-state index contributed by atoms with van der Waals surface area (Å²) in [6.45, 7) is 1.88. The third kappa shape index (κ3) is 3.90. The number of anilines is 1. The predicted molar refractivity (Wildman–Crippen MR) is 75.6 cm³/mol. The normalized spacial score (nSPS) is 12.8. The molecule has 0 spiro atoms. The summed E-state index contributed by atoms with van der Waals surface area (Å²) < 4.78 is 63.7. The fraction of sp³-hybridized carbons (Fsp3) is 0.385. The molecule has 116 valence electrons. The van der Waals surface area contributed by atoms with E-state index in [0.29, 0.717) is 17.3 Å². The van der Waals surface area contributed by atoms with E-state index in [9.17, 15) is 21.6 Å². The second-order valence-electron chi connectivity index (χ2n) is 4.76. The molecule has 2 aromatic rings. The van der Waals surface area contributed by atoms with Gasteiger partial charge in [0.15, 0.2) is 0 Å². The Kier molecular flexibility index (Phi) is 4.18. The van der Waals surface area contributed by atoms with E-state index in [4.69, 9.17) is 0 Å². The Labute approximate surface area is 120 Å². The van der Waals surface area contributed by atoms with E-state index in [0.717, 1.165) is 12.5 Å². The minimum Gasteiger partial charge on any atom is -0.351 e. The lowest BCUT2D eigenvalue weighted by Gasteiger charge is -2.07. The lowest BCUT2D eigenvalue weighted by atomic mass is 10.2. The van der Waals surface area contributed by atoms with Crippen molar-refractivity contribution in [3.8, 4) is 0 Å². The Bertz CT molecular complexity index is 735. The van der Waals surface area contributed by atoms with Crippen LogP contribution in [0, 0.1) is 0 Å². The number of unbranched alkanes of at least 4 members (excludes halogenated alkanes) is 1. The number of hydrogen-bond donors (Lipinski definition) is 2. The maximum absolute atomic E-state index is 12.6. The Morgan fingerprint density at radius 1 is 1.24 bits per heavy atom. The number of aromatic amines is 1. The highest BCUT2D eigenvalue weighted by Gasteiger charge is 2.32. The van der Waals surface area contributed by atoms with Crippen LogP contribution in [0.25, 0.3) is 10.9 Å². The first-order valence-corrected chi connectivity index (χ1v) is 8.07. The number of halogens is 3. The smallest absolute Gasteiger partial charge is 0.351 e. The number of fused-ring (bicyclic) bond motifs is 1. The lowest BCUT2D eigenvalue weighted by molar-refractivity contribution is -0.140. The lowest BCUT2D eigenvalue weighted by Crippen LogP contribution is -2.16. The molecule has 0 unspecified atom stereocenters. The quantitative estimate of drug-likeness (QED) is 0.882. The Morgan fingerprint density at radius 3 is 2.57 bits per heavy atom. The van der Waals surface area contributed by atoms with Crippen molar-refractivity contribution in [2.24, 2.45) is 0 Å². The van der Waals surface area contributed by atoms with Crippen LogP contribution in [-0.4, -0.2) is 19.2 Å². The molecule has 2 N–H and O–H groups in total. The van der Waals surface area contributed by atoms with E-state index in [1.54, 1.807) is 0 Å². The van der Waals surface area contributed by atoms with E-state index >= 15 is 0 Å². The topological polar surface area (TPSA) is 62.0 Å². The average molecular weight is 320 g/mol. The highest BCUT2D eigenvalue weighted by Crippen LogP contribution is 2.32. The largest absolute Gasteiger partial charge is 0.431 e. The summed E-state index contributed by atoms with van der Waals surface area (Å²) in [6.07, 6.45) is -3.19. The van der Waals surface area contributed by atoms with Gasteiger partial charge in [0.25, 0.3) is 0 Å². The van der Waals surface area contributed by atoms with Gasteiger partial charge in [-0.25, -0.2) is 8.42 Å². The molecule has 0 radical (unpaired) electrons. The molecule has 0 atom stereocenters. The zero-order valence-corrected chi connectivity index (χ0v) is 12.1. The van der Waals surface area contributed by atoms with Crippen molar-refractivity contribution in [2.45, 2.75) is 25.9 Å². The number of alkyl halides is 3. The molecule has 0 aliphatic rings. The van der Waals surface area contributed by atoms with Gasteiger partial charge in [0.05, 0.1) is 5.75 Å². The van der Waals surface area contributed by atoms with Crippen LogP contribution in [0.4, 0.5) is 18.9 Å². The van der Waals surface area contributed by atoms with Crippen LogP contribution in [0.1, 0.15) is 25.5 Å². The van der Waals surface area contributed by atoms with Gasteiger partial charge in [-0.1, -0.05) is 13.3 Å². The number of rotatable bonds is 5. The third-order valence-electron chi connectivity index (χ3n) is 2.97. The third-order valence-corrected chi connectivity index (χ3v) is 4.34. The summed E-state index contributed by atoms with van der Waals surface area (Å²) >= 11 is 0. The van der Waals surface area contributed by atoms with E-state index in [-0.39, 0.29) is 11.4 Å². The monoisotopic (exact) mass is 320 g/mol. The van der Waals surface area contributed by atoms with E-state index in [1.165, 1.54) is 18.2 Å². The number of nitrogens with one attached hydrogen (secondary N) is 2. The van der Waals surface area contributed by atoms with Crippen LogP contribution in [0.2, 0.25) is 0 Å². The molecule has 0 aliphatic heterocycles. The van der Waals surface area contributed by atoms with E-state index < -0.39 is 21.9 Å². The molecule has 0 aliphatic carbocycles. The summed E-state index contributed by atoms with van der Waals surface area (Å²) in [4.78, 5) is 2.26. The van der Waals surface area contributed by atoms with E-state index in [2.05, 4.69) is 9.71 Å². The zero-order chi connectivity index (χ0) is 15.7. The predicted octanol–water partition coefficient (Wildman–Crippen LogP) is 3.73. The summed E-state index contributed by atoms with van der Waals surface area (Å²) in [7, 11) is -3.47. The van der Waals surface area contributed by atoms with Crippen LogP contribution >= 0.6 is 0 Å². The molecule has 0 fully saturated rings. The van der Waals surface area contributed by atoms with Gasteiger partial charge in [0.2, 0.25) is 10.0 Å². The van der Waals surface area contributed by atoms with Crippen molar-refractivity contribution in [2.75, 3.05) is 10.5 Å². The summed E-state index contributed by atoms with van der Waals surface area (Å²) in [6, 6.07) is 5.19. The fourth-order valence-corrected chi connectivity index (χ4v) is 3.17. The van der Waals surface area contributed by atoms with Gasteiger partial charge in [-0.15, -0.1) is 0 Å². The van der Waals surface area contributed by atoms with Crippen molar-refractivity contribution >= 4 is 26.6 Å². The van der Waals surface area contributed by atoms with Gasteiger partial charge in [-0.3, -0.25) is 4.72 Å². The Hall–Kier alpha value is -1.70. The number of aromatic nitrogens is 1. The molecular formula is C13H15F3N2O2S. The zero-order valence-electron chi connectivity index (χ0n) is 11.3. The molecule has 1 aromatic carbocycles. The average Bonchev–Trinajstić information content (AvgIpc) is 2.79.